The molecule has 2 heterocycles. The zero-order chi connectivity index (χ0) is 23.1. The van der Waals surface area contributed by atoms with Crippen LogP contribution in [0.4, 0.5) is 13.2 Å². The van der Waals surface area contributed by atoms with Crippen molar-refractivity contribution < 1.29 is 31.2 Å². The number of amides is 2. The largest absolute Gasteiger partial charge is 0.408 e. The van der Waals surface area contributed by atoms with E-state index in [-0.39, 0.29) is 43.9 Å². The number of halogens is 3. The van der Waals surface area contributed by atoms with Crippen LogP contribution < -0.4 is 5.32 Å². The van der Waals surface area contributed by atoms with Crippen molar-refractivity contribution in [3.63, 3.8) is 0 Å². The van der Waals surface area contributed by atoms with E-state index in [2.05, 4.69) is 0 Å². The number of aryl methyl sites for hydroxylation is 3. The van der Waals surface area contributed by atoms with E-state index in [1.54, 1.807) is 26.0 Å². The lowest BCUT2D eigenvalue weighted by molar-refractivity contribution is -0.172. The zero-order valence-corrected chi connectivity index (χ0v) is 18.4. The minimum atomic E-state index is -4.55. The molecule has 172 valence electrons. The SMILES string of the molecule is Cc1cc(C)c(S(=O)(=O)N2CCN(C(=O)[C@H]3CC[C@@H](C(F)(F)F)NC3=O)CC2)c(C)c1. The summed E-state index contributed by atoms with van der Waals surface area (Å²) in [5, 5.41) is 1.88. The van der Waals surface area contributed by atoms with Crippen molar-refractivity contribution in [1.29, 1.82) is 0 Å². The lowest BCUT2D eigenvalue weighted by atomic mass is 9.92. The van der Waals surface area contributed by atoms with Crippen LogP contribution in [0.3, 0.4) is 0 Å². The maximum Gasteiger partial charge on any atom is 0.408 e. The molecule has 7 nitrogen and oxygen atoms in total. The van der Waals surface area contributed by atoms with Gasteiger partial charge < -0.3 is 10.2 Å². The van der Waals surface area contributed by atoms with E-state index in [4.69, 9.17) is 0 Å². The third kappa shape index (κ3) is 4.72. The Labute approximate surface area is 179 Å². The molecule has 1 N–H and O–H groups in total. The number of piperazine rings is 1. The van der Waals surface area contributed by atoms with Gasteiger partial charge in [-0.05, 0) is 44.7 Å². The van der Waals surface area contributed by atoms with Crippen molar-refractivity contribution in [2.75, 3.05) is 26.2 Å². The fraction of sp³-hybridized carbons (Fsp3) is 0.600. The number of hydrogen-bond acceptors (Lipinski definition) is 4. The van der Waals surface area contributed by atoms with Gasteiger partial charge in [0.05, 0.1) is 4.90 Å². The highest BCUT2D eigenvalue weighted by Crippen LogP contribution is 2.30. The molecular formula is C20H26F3N3O4S. The molecule has 1 aromatic rings. The Bertz CT molecular complexity index is 963. The van der Waals surface area contributed by atoms with Crippen molar-refractivity contribution in [2.45, 2.75) is 50.7 Å². The number of hydrogen-bond donors (Lipinski definition) is 1. The summed E-state index contributed by atoms with van der Waals surface area (Å²) >= 11 is 0. The monoisotopic (exact) mass is 461 g/mol. The normalized spacial score (nSPS) is 23.5. The molecule has 2 amide bonds. The molecule has 2 atom stereocenters. The van der Waals surface area contributed by atoms with Crippen molar-refractivity contribution in [3.8, 4) is 0 Å². The van der Waals surface area contributed by atoms with Gasteiger partial charge in [0.2, 0.25) is 21.8 Å². The molecule has 31 heavy (non-hydrogen) atoms. The quantitative estimate of drug-likeness (QED) is 0.697. The van der Waals surface area contributed by atoms with Gasteiger partial charge in [0.1, 0.15) is 12.0 Å². The Morgan fingerprint density at radius 2 is 1.58 bits per heavy atom. The summed E-state index contributed by atoms with van der Waals surface area (Å²) in [7, 11) is -3.76. The minimum Gasteiger partial charge on any atom is -0.344 e. The number of sulfonamides is 1. The number of carbonyl (C=O) groups excluding carboxylic acids is 2. The number of alkyl halides is 3. The lowest BCUT2D eigenvalue weighted by Crippen LogP contribution is -2.57. The molecule has 0 aliphatic carbocycles. The number of rotatable bonds is 3. The third-order valence-corrected chi connectivity index (χ3v) is 8.03. The molecule has 2 fully saturated rings. The van der Waals surface area contributed by atoms with Gasteiger partial charge in [-0.1, -0.05) is 17.7 Å². The van der Waals surface area contributed by atoms with Gasteiger partial charge in [0.15, 0.2) is 0 Å². The Morgan fingerprint density at radius 3 is 2.06 bits per heavy atom. The third-order valence-electron chi connectivity index (χ3n) is 5.82. The van der Waals surface area contributed by atoms with Crippen molar-refractivity contribution >= 4 is 21.8 Å². The van der Waals surface area contributed by atoms with Gasteiger partial charge in [-0.15, -0.1) is 0 Å². The van der Waals surface area contributed by atoms with Gasteiger partial charge >= 0.3 is 6.18 Å². The van der Waals surface area contributed by atoms with Gasteiger partial charge in [0, 0.05) is 26.2 Å². The van der Waals surface area contributed by atoms with Gasteiger partial charge in [-0.3, -0.25) is 9.59 Å². The van der Waals surface area contributed by atoms with Gasteiger partial charge in [-0.2, -0.15) is 17.5 Å². The first-order chi connectivity index (χ1) is 14.3. The minimum absolute atomic E-state index is 0.0559. The first kappa shape index (κ1) is 23.5. The summed E-state index contributed by atoms with van der Waals surface area (Å²) in [6.07, 6.45) is -5.09. The highest BCUT2D eigenvalue weighted by Gasteiger charge is 2.47. The van der Waals surface area contributed by atoms with Crippen LogP contribution in [0.5, 0.6) is 0 Å². The molecular weight excluding hydrogens is 435 g/mol. The van der Waals surface area contributed by atoms with Crippen LogP contribution in [0.25, 0.3) is 0 Å². The van der Waals surface area contributed by atoms with Crippen LogP contribution in [0.2, 0.25) is 0 Å². The Kier molecular flexibility index (Phi) is 6.39. The van der Waals surface area contributed by atoms with Crippen LogP contribution in [0, 0.1) is 26.7 Å². The van der Waals surface area contributed by atoms with Crippen molar-refractivity contribution in [2.24, 2.45) is 5.92 Å². The van der Waals surface area contributed by atoms with E-state index in [0.29, 0.717) is 11.1 Å². The highest BCUT2D eigenvalue weighted by atomic mass is 32.2. The number of piperidine rings is 1. The topological polar surface area (TPSA) is 86.8 Å². The molecule has 0 unspecified atom stereocenters. The second-order valence-electron chi connectivity index (χ2n) is 8.19. The van der Waals surface area contributed by atoms with Crippen molar-refractivity contribution in [3.05, 3.63) is 28.8 Å². The fourth-order valence-corrected chi connectivity index (χ4v) is 6.20. The first-order valence-corrected chi connectivity index (χ1v) is 11.5. The summed E-state index contributed by atoms with van der Waals surface area (Å²) < 4.78 is 66.0. The van der Waals surface area contributed by atoms with Crippen molar-refractivity contribution in [1.82, 2.24) is 14.5 Å². The van der Waals surface area contributed by atoms with Crippen LogP contribution >= 0.6 is 0 Å². The average molecular weight is 462 g/mol. The van der Waals surface area contributed by atoms with Crippen LogP contribution in [-0.4, -0.2) is 67.8 Å². The Morgan fingerprint density at radius 1 is 1.03 bits per heavy atom. The molecule has 0 aromatic heterocycles. The molecule has 2 saturated heterocycles. The summed E-state index contributed by atoms with van der Waals surface area (Å²) in [4.78, 5) is 26.4. The van der Waals surface area contributed by atoms with Gasteiger partial charge in [0.25, 0.3) is 0 Å². The number of nitrogens with one attached hydrogen (secondary N) is 1. The molecule has 0 bridgehead atoms. The molecule has 1 aromatic carbocycles. The predicted octanol–water partition coefficient (Wildman–Crippen LogP) is 1.90. The molecule has 0 spiro atoms. The zero-order valence-electron chi connectivity index (χ0n) is 17.6. The first-order valence-electron chi connectivity index (χ1n) is 10.1. The van der Waals surface area contributed by atoms with Crippen LogP contribution in [-0.2, 0) is 19.6 Å². The maximum atomic E-state index is 13.2. The second-order valence-corrected chi connectivity index (χ2v) is 10.1. The van der Waals surface area contributed by atoms with E-state index in [0.717, 1.165) is 5.56 Å². The molecule has 2 aliphatic heterocycles. The summed E-state index contributed by atoms with van der Waals surface area (Å²) in [5.41, 5.74) is 2.26. The Balaban J connectivity index is 1.66. The molecule has 0 radical (unpaired) electrons. The summed E-state index contributed by atoms with van der Waals surface area (Å²) in [5.74, 6) is -2.67. The van der Waals surface area contributed by atoms with E-state index in [1.165, 1.54) is 9.21 Å². The summed E-state index contributed by atoms with van der Waals surface area (Å²) in [6, 6.07) is 1.66. The van der Waals surface area contributed by atoms with E-state index >= 15 is 0 Å². The maximum absolute atomic E-state index is 13.2. The lowest BCUT2D eigenvalue weighted by Gasteiger charge is -2.37. The van der Waals surface area contributed by atoms with E-state index in [9.17, 15) is 31.2 Å². The summed E-state index contributed by atoms with van der Waals surface area (Å²) in [6.45, 7) is 5.63. The molecule has 2 aliphatic rings. The predicted molar refractivity (Wildman–Crippen MR) is 107 cm³/mol. The molecule has 11 heteroatoms. The number of benzene rings is 1. The average Bonchev–Trinajstić information content (AvgIpc) is 2.65. The molecule has 3 rings (SSSR count). The fourth-order valence-electron chi connectivity index (χ4n) is 4.36. The molecule has 0 saturated carbocycles. The number of nitrogens with zero attached hydrogens (tertiary/aromatic N) is 2. The standard InChI is InChI=1S/C20H26F3N3O4S/c1-12-10-13(2)17(14(3)11-12)31(29,30)26-8-6-25(7-9-26)19(28)15-4-5-16(20(21,22)23)24-18(15)27/h10-11,15-16H,4-9H2,1-3H3,(H,24,27)/t15-,16-/m0/s1. The van der Waals surface area contributed by atoms with Crippen LogP contribution in [0.1, 0.15) is 29.5 Å². The Hall–Kier alpha value is -2.14. The number of carbonyl (C=O) groups is 2. The smallest absolute Gasteiger partial charge is 0.344 e. The van der Waals surface area contributed by atoms with Gasteiger partial charge in [-0.25, -0.2) is 8.42 Å². The highest BCUT2D eigenvalue weighted by molar-refractivity contribution is 7.89. The van der Waals surface area contributed by atoms with E-state index in [1.807, 2.05) is 12.2 Å². The second kappa shape index (κ2) is 8.42. The van der Waals surface area contributed by atoms with Crippen LogP contribution in [0.15, 0.2) is 17.0 Å². The van der Waals surface area contributed by atoms with E-state index < -0.39 is 40.0 Å².